The molecule has 0 aliphatic carbocycles. The molecular formula is C24H35N5O2. The van der Waals surface area contributed by atoms with Crippen molar-refractivity contribution in [3.8, 4) is 0 Å². The van der Waals surface area contributed by atoms with Gasteiger partial charge in [-0.05, 0) is 25.0 Å². The van der Waals surface area contributed by atoms with E-state index < -0.39 is 0 Å². The number of hydrogen-bond acceptors (Lipinski definition) is 4. The van der Waals surface area contributed by atoms with Crippen molar-refractivity contribution in [3.63, 3.8) is 0 Å². The molecule has 0 spiro atoms. The number of rotatable bonds is 5. The smallest absolute Gasteiger partial charge is 0.236 e. The first-order valence-corrected chi connectivity index (χ1v) is 11.7. The molecule has 0 saturated carbocycles. The zero-order chi connectivity index (χ0) is 21.5. The van der Waals surface area contributed by atoms with Crippen molar-refractivity contribution in [2.75, 3.05) is 59.4 Å². The highest BCUT2D eigenvalue weighted by atomic mass is 16.3. The molecule has 1 aromatic heterocycles. The van der Waals surface area contributed by atoms with Crippen LogP contribution in [-0.2, 0) is 11.2 Å². The first-order chi connectivity index (χ1) is 15.2. The van der Waals surface area contributed by atoms with Crippen LogP contribution in [-0.4, -0.2) is 86.0 Å². The van der Waals surface area contributed by atoms with Crippen molar-refractivity contribution in [3.05, 3.63) is 36.1 Å². The van der Waals surface area contributed by atoms with E-state index in [9.17, 15) is 4.79 Å². The number of carbonyl (C=O) groups is 1. The lowest BCUT2D eigenvalue weighted by Crippen LogP contribution is -2.54. The number of aliphatic imine (C=N–C) groups is 1. The van der Waals surface area contributed by atoms with Gasteiger partial charge >= 0.3 is 0 Å². The second-order valence-corrected chi connectivity index (χ2v) is 8.53. The number of fused-ring (bicyclic) bond motifs is 1. The van der Waals surface area contributed by atoms with Gasteiger partial charge in [-0.2, -0.15) is 0 Å². The highest BCUT2D eigenvalue weighted by Gasteiger charge is 2.23. The van der Waals surface area contributed by atoms with E-state index in [1.54, 1.807) is 0 Å². The Morgan fingerprint density at radius 2 is 1.74 bits per heavy atom. The second kappa shape index (κ2) is 10.7. The first-order valence-electron chi connectivity index (χ1n) is 11.7. The van der Waals surface area contributed by atoms with E-state index in [0.29, 0.717) is 12.5 Å². The summed E-state index contributed by atoms with van der Waals surface area (Å²) < 4.78 is 5.90. The summed E-state index contributed by atoms with van der Waals surface area (Å²) in [4.78, 5) is 23.8. The Morgan fingerprint density at radius 1 is 1.00 bits per heavy atom. The summed E-state index contributed by atoms with van der Waals surface area (Å²) in [7, 11) is 1.83. The van der Waals surface area contributed by atoms with Crippen LogP contribution in [0.5, 0.6) is 0 Å². The lowest BCUT2D eigenvalue weighted by Gasteiger charge is -2.37. The van der Waals surface area contributed by atoms with Crippen molar-refractivity contribution in [1.29, 1.82) is 0 Å². The molecule has 1 N–H and O–H groups in total. The highest BCUT2D eigenvalue weighted by molar-refractivity contribution is 5.80. The van der Waals surface area contributed by atoms with Gasteiger partial charge in [0.15, 0.2) is 5.96 Å². The Bertz CT molecular complexity index is 844. The molecule has 2 aliphatic rings. The molecule has 0 bridgehead atoms. The molecule has 168 valence electrons. The summed E-state index contributed by atoms with van der Waals surface area (Å²) in [6.45, 7) is 6.75. The van der Waals surface area contributed by atoms with E-state index in [-0.39, 0.29) is 0 Å². The van der Waals surface area contributed by atoms with Crippen LogP contribution in [0.15, 0.2) is 39.7 Å². The predicted octanol–water partition coefficient (Wildman–Crippen LogP) is 2.57. The molecule has 1 amide bonds. The van der Waals surface area contributed by atoms with E-state index in [1.165, 1.54) is 12.8 Å². The summed E-state index contributed by atoms with van der Waals surface area (Å²) in [5.74, 6) is 2.21. The number of benzene rings is 1. The predicted molar refractivity (Wildman–Crippen MR) is 124 cm³/mol. The summed E-state index contributed by atoms with van der Waals surface area (Å²) in [5, 5.41) is 4.61. The second-order valence-electron chi connectivity index (χ2n) is 8.53. The van der Waals surface area contributed by atoms with Gasteiger partial charge in [0.05, 0.1) is 6.54 Å². The zero-order valence-electron chi connectivity index (χ0n) is 18.7. The average Bonchev–Trinajstić information content (AvgIpc) is 3.01. The average molecular weight is 426 g/mol. The Hall–Kier alpha value is -2.54. The minimum atomic E-state index is 0.295. The van der Waals surface area contributed by atoms with Crippen molar-refractivity contribution in [2.24, 2.45) is 4.99 Å². The molecule has 7 heteroatoms. The molecule has 0 unspecified atom stereocenters. The number of carbonyl (C=O) groups excluding carboxylic acids is 1. The third kappa shape index (κ3) is 5.79. The number of amides is 1. The maximum absolute atomic E-state index is 12.7. The molecule has 1 aromatic carbocycles. The molecule has 2 fully saturated rings. The minimum Gasteiger partial charge on any atom is -0.461 e. The molecule has 0 atom stereocenters. The maximum Gasteiger partial charge on any atom is 0.236 e. The summed E-state index contributed by atoms with van der Waals surface area (Å²) >= 11 is 0. The fraction of sp³-hybridized carbons (Fsp3) is 0.583. The van der Waals surface area contributed by atoms with Crippen LogP contribution in [0, 0.1) is 0 Å². The molecule has 2 aliphatic heterocycles. The van der Waals surface area contributed by atoms with Crippen LogP contribution in [0.3, 0.4) is 0 Å². The Labute approximate surface area is 185 Å². The number of hydrogen-bond donors (Lipinski definition) is 1. The van der Waals surface area contributed by atoms with Crippen LogP contribution in [0.1, 0.15) is 31.4 Å². The maximum atomic E-state index is 12.7. The van der Waals surface area contributed by atoms with Gasteiger partial charge in [-0.25, -0.2) is 0 Å². The van der Waals surface area contributed by atoms with E-state index in [4.69, 9.17) is 4.42 Å². The molecule has 7 nitrogen and oxygen atoms in total. The standard InChI is InChI=1S/C24H35N5O2/c1-25-24(26-11-10-21-18-20-8-4-5-9-22(20)31-21)29-16-14-27(15-17-29)19-23(30)28-12-6-2-3-7-13-28/h4-5,8-9,18H,2-3,6-7,10-17,19H2,1H3,(H,25,26). The van der Waals surface area contributed by atoms with E-state index in [0.717, 1.165) is 87.8 Å². The topological polar surface area (TPSA) is 64.3 Å². The van der Waals surface area contributed by atoms with Gasteiger partial charge in [-0.3, -0.25) is 14.7 Å². The summed E-state index contributed by atoms with van der Waals surface area (Å²) in [6, 6.07) is 10.2. The third-order valence-corrected chi connectivity index (χ3v) is 6.33. The Kier molecular flexibility index (Phi) is 7.46. The number of piperazine rings is 1. The quantitative estimate of drug-likeness (QED) is 0.589. The van der Waals surface area contributed by atoms with Gasteiger partial charge in [0, 0.05) is 64.7 Å². The van der Waals surface area contributed by atoms with Crippen molar-refractivity contribution >= 4 is 22.8 Å². The van der Waals surface area contributed by atoms with Crippen molar-refractivity contribution < 1.29 is 9.21 Å². The van der Waals surface area contributed by atoms with Gasteiger partial charge in [-0.15, -0.1) is 0 Å². The van der Waals surface area contributed by atoms with Crippen LogP contribution >= 0.6 is 0 Å². The number of likely N-dealkylation sites (tertiary alicyclic amines) is 1. The van der Waals surface area contributed by atoms with Gasteiger partial charge in [0.2, 0.25) is 5.91 Å². The minimum absolute atomic E-state index is 0.295. The van der Waals surface area contributed by atoms with Gasteiger partial charge in [-0.1, -0.05) is 31.0 Å². The molecule has 31 heavy (non-hydrogen) atoms. The van der Waals surface area contributed by atoms with E-state index >= 15 is 0 Å². The monoisotopic (exact) mass is 425 g/mol. The van der Waals surface area contributed by atoms with E-state index in [1.807, 2.05) is 25.2 Å². The van der Waals surface area contributed by atoms with Crippen molar-refractivity contribution in [1.82, 2.24) is 20.0 Å². The lowest BCUT2D eigenvalue weighted by atomic mass is 10.2. The highest BCUT2D eigenvalue weighted by Crippen LogP contribution is 2.18. The first kappa shape index (κ1) is 21.7. The number of nitrogens with zero attached hydrogens (tertiary/aromatic N) is 4. The largest absolute Gasteiger partial charge is 0.461 e. The van der Waals surface area contributed by atoms with Crippen LogP contribution in [0.2, 0.25) is 0 Å². The number of nitrogens with one attached hydrogen (secondary N) is 1. The molecule has 0 radical (unpaired) electrons. The fourth-order valence-electron chi connectivity index (χ4n) is 4.52. The number of para-hydroxylation sites is 1. The third-order valence-electron chi connectivity index (χ3n) is 6.33. The lowest BCUT2D eigenvalue weighted by molar-refractivity contribution is -0.132. The Morgan fingerprint density at radius 3 is 2.45 bits per heavy atom. The van der Waals surface area contributed by atoms with Crippen LogP contribution < -0.4 is 5.32 Å². The van der Waals surface area contributed by atoms with Crippen molar-refractivity contribution in [2.45, 2.75) is 32.1 Å². The Balaban J connectivity index is 1.20. The molecule has 3 heterocycles. The number of guanidine groups is 1. The van der Waals surface area contributed by atoms with Gasteiger partial charge in [0.25, 0.3) is 0 Å². The van der Waals surface area contributed by atoms with Crippen LogP contribution in [0.25, 0.3) is 11.0 Å². The van der Waals surface area contributed by atoms with Gasteiger partial charge < -0.3 is 19.5 Å². The zero-order valence-corrected chi connectivity index (χ0v) is 18.7. The van der Waals surface area contributed by atoms with E-state index in [2.05, 4.69) is 37.1 Å². The SMILES string of the molecule is CN=C(NCCc1cc2ccccc2o1)N1CCN(CC(=O)N2CCCCCC2)CC1. The normalized spacial score (nSPS) is 18.9. The summed E-state index contributed by atoms with van der Waals surface area (Å²) in [6.07, 6.45) is 5.62. The summed E-state index contributed by atoms with van der Waals surface area (Å²) in [5.41, 5.74) is 0.938. The molecule has 4 rings (SSSR count). The molecular weight excluding hydrogens is 390 g/mol. The van der Waals surface area contributed by atoms with Crippen LogP contribution in [0.4, 0.5) is 0 Å². The van der Waals surface area contributed by atoms with Gasteiger partial charge in [0.1, 0.15) is 11.3 Å². The number of furan rings is 1. The molecule has 2 aromatic rings. The fourth-order valence-corrected chi connectivity index (χ4v) is 4.52. The molecule has 2 saturated heterocycles.